The smallest absolute Gasteiger partial charge is 0.232 e. The Morgan fingerprint density at radius 3 is 2.87 bits per heavy atom. The number of ether oxygens (including phenoxy) is 3. The summed E-state index contributed by atoms with van der Waals surface area (Å²) in [6.07, 6.45) is 6.55. The maximum atomic E-state index is 5.78. The number of rotatable bonds is 5. The van der Waals surface area contributed by atoms with Crippen LogP contribution in [0.25, 0.3) is 0 Å². The zero-order valence-electron chi connectivity index (χ0n) is 13.5. The molecule has 6 nitrogen and oxygen atoms in total. The molecule has 0 spiro atoms. The average molecular weight is 386 g/mol. The third-order valence-electron chi connectivity index (χ3n) is 4.35. The molecule has 23 heavy (non-hydrogen) atoms. The average Bonchev–Trinajstić information content (AvgIpc) is 2.58. The van der Waals surface area contributed by atoms with Crippen molar-refractivity contribution in [3.8, 4) is 5.88 Å². The van der Waals surface area contributed by atoms with Crippen molar-refractivity contribution in [1.82, 2.24) is 9.97 Å². The van der Waals surface area contributed by atoms with Gasteiger partial charge in [-0.05, 0) is 47.5 Å². The second-order valence-corrected chi connectivity index (χ2v) is 7.18. The van der Waals surface area contributed by atoms with Gasteiger partial charge in [-0.25, -0.2) is 4.98 Å². The van der Waals surface area contributed by atoms with Crippen molar-refractivity contribution in [1.29, 1.82) is 0 Å². The Morgan fingerprint density at radius 1 is 1.30 bits per heavy atom. The van der Waals surface area contributed by atoms with Crippen LogP contribution < -0.4 is 10.1 Å². The summed E-state index contributed by atoms with van der Waals surface area (Å²) < 4.78 is 17.5. The van der Waals surface area contributed by atoms with Gasteiger partial charge in [-0.1, -0.05) is 6.92 Å². The maximum absolute atomic E-state index is 5.78. The topological polar surface area (TPSA) is 65.5 Å². The van der Waals surface area contributed by atoms with Crippen LogP contribution in [0.1, 0.15) is 32.6 Å². The van der Waals surface area contributed by atoms with Crippen molar-refractivity contribution in [2.45, 2.75) is 44.8 Å². The monoisotopic (exact) mass is 385 g/mol. The fourth-order valence-corrected chi connectivity index (χ4v) is 3.22. The number of hydrogen-bond acceptors (Lipinski definition) is 6. The summed E-state index contributed by atoms with van der Waals surface area (Å²) in [6.45, 7) is 4.58. The maximum Gasteiger partial charge on any atom is 0.232 e. The molecule has 0 radical (unpaired) electrons. The van der Waals surface area contributed by atoms with Crippen molar-refractivity contribution >= 4 is 21.9 Å². The summed E-state index contributed by atoms with van der Waals surface area (Å²) in [5, 5.41) is 3.43. The van der Waals surface area contributed by atoms with Gasteiger partial charge in [0.05, 0.1) is 30.5 Å². The van der Waals surface area contributed by atoms with Gasteiger partial charge in [-0.2, -0.15) is 4.98 Å². The van der Waals surface area contributed by atoms with Gasteiger partial charge in [-0.3, -0.25) is 0 Å². The molecule has 1 aromatic rings. The third-order valence-corrected chi connectivity index (χ3v) is 4.90. The quantitative estimate of drug-likeness (QED) is 0.839. The molecule has 1 aliphatic heterocycles. The van der Waals surface area contributed by atoms with Crippen LogP contribution in [0, 0.1) is 5.92 Å². The number of aromatic nitrogens is 2. The molecular formula is C16H24BrN3O3. The highest BCUT2D eigenvalue weighted by molar-refractivity contribution is 9.10. The summed E-state index contributed by atoms with van der Waals surface area (Å²) >= 11 is 3.44. The van der Waals surface area contributed by atoms with E-state index in [-0.39, 0.29) is 6.10 Å². The molecule has 7 heteroatoms. The van der Waals surface area contributed by atoms with Gasteiger partial charge in [-0.15, -0.1) is 0 Å². The molecule has 1 aliphatic carbocycles. The molecule has 1 saturated carbocycles. The summed E-state index contributed by atoms with van der Waals surface area (Å²) in [7, 11) is 0. The van der Waals surface area contributed by atoms with Gasteiger partial charge in [0.15, 0.2) is 0 Å². The molecule has 1 N–H and O–H groups in total. The van der Waals surface area contributed by atoms with Crippen LogP contribution >= 0.6 is 15.9 Å². The number of nitrogens with one attached hydrogen (secondary N) is 1. The van der Waals surface area contributed by atoms with E-state index in [0.29, 0.717) is 44.3 Å². The van der Waals surface area contributed by atoms with Gasteiger partial charge in [0.1, 0.15) is 12.7 Å². The lowest BCUT2D eigenvalue weighted by molar-refractivity contribution is -0.102. The summed E-state index contributed by atoms with van der Waals surface area (Å²) in [4.78, 5) is 8.82. The summed E-state index contributed by atoms with van der Waals surface area (Å²) in [6, 6.07) is 0.454. The van der Waals surface area contributed by atoms with E-state index in [4.69, 9.17) is 14.2 Å². The van der Waals surface area contributed by atoms with E-state index in [9.17, 15) is 0 Å². The molecule has 128 valence electrons. The minimum absolute atomic E-state index is 0.0399. The molecule has 2 aliphatic rings. The normalized spacial score (nSPS) is 28.3. The first-order valence-corrected chi connectivity index (χ1v) is 9.11. The highest BCUT2D eigenvalue weighted by atomic mass is 79.9. The first-order valence-electron chi connectivity index (χ1n) is 8.32. The van der Waals surface area contributed by atoms with Crippen molar-refractivity contribution < 1.29 is 14.2 Å². The molecule has 1 atom stereocenters. The van der Waals surface area contributed by atoms with Crippen LogP contribution in [0.5, 0.6) is 5.88 Å². The lowest BCUT2D eigenvalue weighted by atomic mass is 9.87. The molecule has 0 amide bonds. The van der Waals surface area contributed by atoms with Crippen LogP contribution in [0.15, 0.2) is 10.7 Å². The molecule has 1 saturated heterocycles. The fraction of sp³-hybridized carbons (Fsp3) is 0.750. The lowest BCUT2D eigenvalue weighted by Crippen LogP contribution is -2.33. The van der Waals surface area contributed by atoms with Gasteiger partial charge in [0.2, 0.25) is 11.8 Å². The number of nitrogens with zero attached hydrogens (tertiary/aromatic N) is 2. The van der Waals surface area contributed by atoms with Gasteiger partial charge < -0.3 is 19.5 Å². The Kier molecular flexibility index (Phi) is 6.08. The number of hydrogen-bond donors (Lipinski definition) is 1. The molecular weight excluding hydrogens is 362 g/mol. The predicted octanol–water partition coefficient (Wildman–Crippen LogP) is 3.02. The predicted molar refractivity (Wildman–Crippen MR) is 90.8 cm³/mol. The van der Waals surface area contributed by atoms with E-state index in [2.05, 4.69) is 38.1 Å². The Morgan fingerprint density at radius 2 is 2.13 bits per heavy atom. The summed E-state index contributed by atoms with van der Waals surface area (Å²) in [5.41, 5.74) is 0. The van der Waals surface area contributed by atoms with E-state index >= 15 is 0 Å². The first-order chi connectivity index (χ1) is 11.2. The Balaban J connectivity index is 1.55. The van der Waals surface area contributed by atoms with E-state index in [0.717, 1.165) is 10.4 Å². The molecule has 2 fully saturated rings. The Hall–Kier alpha value is -0.920. The summed E-state index contributed by atoms with van der Waals surface area (Å²) in [5.74, 6) is 2.00. The first kappa shape index (κ1) is 16.9. The van der Waals surface area contributed by atoms with E-state index in [1.807, 2.05) is 0 Å². The van der Waals surface area contributed by atoms with Crippen molar-refractivity contribution in [3.63, 3.8) is 0 Å². The van der Waals surface area contributed by atoms with Crippen molar-refractivity contribution in [3.05, 3.63) is 10.7 Å². The standard InChI is InChI=1S/C16H24BrN3O3/c1-11-2-4-12(5-3-11)19-16-18-8-14(17)15(20-16)23-10-13-9-21-6-7-22-13/h8,11-13H,2-7,9-10H2,1H3,(H,18,19,20)/t11-,12-,13-/m1/s1. The van der Waals surface area contributed by atoms with Gasteiger partial charge in [0, 0.05) is 6.04 Å². The Bertz CT molecular complexity index is 503. The lowest BCUT2D eigenvalue weighted by Gasteiger charge is -2.27. The van der Waals surface area contributed by atoms with Crippen LogP contribution in [0.4, 0.5) is 5.95 Å². The molecule has 3 rings (SSSR count). The highest BCUT2D eigenvalue weighted by Gasteiger charge is 2.20. The van der Waals surface area contributed by atoms with E-state index in [1.165, 1.54) is 25.7 Å². The van der Waals surface area contributed by atoms with Crippen molar-refractivity contribution in [2.24, 2.45) is 5.92 Å². The molecule has 0 unspecified atom stereocenters. The highest BCUT2D eigenvalue weighted by Crippen LogP contribution is 2.27. The Labute approximate surface area is 145 Å². The van der Waals surface area contributed by atoms with Gasteiger partial charge in [0.25, 0.3) is 0 Å². The van der Waals surface area contributed by atoms with Crippen LogP contribution in [0.2, 0.25) is 0 Å². The van der Waals surface area contributed by atoms with Crippen molar-refractivity contribution in [2.75, 3.05) is 31.7 Å². The third kappa shape index (κ3) is 5.02. The minimum atomic E-state index is -0.0399. The van der Waals surface area contributed by atoms with E-state index < -0.39 is 0 Å². The molecule has 0 bridgehead atoms. The number of halogens is 1. The SMILES string of the molecule is C[C@H]1CC[C@H](Nc2ncc(Br)c(OC[C@H]3COCCO3)n2)CC1. The number of anilines is 1. The molecule has 0 aromatic carbocycles. The zero-order chi connectivity index (χ0) is 16.1. The minimum Gasteiger partial charge on any atom is -0.474 e. The van der Waals surface area contributed by atoms with E-state index in [1.54, 1.807) is 6.20 Å². The fourth-order valence-electron chi connectivity index (χ4n) is 2.91. The van der Waals surface area contributed by atoms with Crippen LogP contribution in [-0.2, 0) is 9.47 Å². The molecule has 2 heterocycles. The molecule has 1 aromatic heterocycles. The zero-order valence-corrected chi connectivity index (χ0v) is 15.0. The van der Waals surface area contributed by atoms with Gasteiger partial charge >= 0.3 is 0 Å². The largest absolute Gasteiger partial charge is 0.474 e. The second kappa shape index (κ2) is 8.26. The second-order valence-electron chi connectivity index (χ2n) is 6.33. The van der Waals surface area contributed by atoms with Crippen LogP contribution in [0.3, 0.4) is 0 Å². The van der Waals surface area contributed by atoms with Crippen LogP contribution in [-0.4, -0.2) is 48.5 Å².